The third-order valence-electron chi connectivity index (χ3n) is 6.74. The highest BCUT2D eigenvalue weighted by Gasteiger charge is 2.30. The van der Waals surface area contributed by atoms with Gasteiger partial charge in [0.05, 0.1) is 21.8 Å². The summed E-state index contributed by atoms with van der Waals surface area (Å²) in [6.45, 7) is 4.81. The Morgan fingerprint density at radius 1 is 1.12 bits per heavy atom. The fourth-order valence-corrected chi connectivity index (χ4v) is 5.62. The molecule has 170 valence electrons. The molecule has 33 heavy (non-hydrogen) atoms. The fourth-order valence-electron chi connectivity index (χ4n) is 4.90. The number of carbonyl (C=O) groups excluding carboxylic acids is 1. The lowest BCUT2D eigenvalue weighted by atomic mass is 9.97. The van der Waals surface area contributed by atoms with E-state index in [0.29, 0.717) is 6.54 Å². The maximum atomic E-state index is 12.8. The molecule has 0 saturated carbocycles. The van der Waals surface area contributed by atoms with Crippen LogP contribution in [0.15, 0.2) is 47.6 Å². The largest absolute Gasteiger partial charge is 0.363 e. The van der Waals surface area contributed by atoms with Crippen molar-refractivity contribution in [1.29, 1.82) is 0 Å². The monoisotopic (exact) mass is 461 g/mol. The molecule has 3 aliphatic rings. The van der Waals surface area contributed by atoms with Crippen LogP contribution < -0.4 is 16.0 Å². The minimum atomic E-state index is 0.167. The van der Waals surface area contributed by atoms with Crippen molar-refractivity contribution in [2.24, 2.45) is 0 Å². The van der Waals surface area contributed by atoms with Gasteiger partial charge in [0.2, 0.25) is 0 Å². The van der Waals surface area contributed by atoms with Gasteiger partial charge >= 0.3 is 6.03 Å². The number of pyridine rings is 1. The average Bonchev–Trinajstić information content (AvgIpc) is 3.52. The molecule has 3 aliphatic heterocycles. The van der Waals surface area contributed by atoms with Crippen molar-refractivity contribution in [2.45, 2.75) is 18.9 Å². The van der Waals surface area contributed by atoms with Crippen LogP contribution in [-0.2, 0) is 6.42 Å². The number of hydrogen-bond acceptors (Lipinski definition) is 7. The Hall–Kier alpha value is -3.17. The van der Waals surface area contributed by atoms with Crippen LogP contribution in [0.5, 0.6) is 0 Å². The summed E-state index contributed by atoms with van der Waals surface area (Å²) in [5.41, 5.74) is 7.64. The highest BCUT2D eigenvalue weighted by atomic mass is 32.1. The molecule has 2 amide bonds. The number of thiazole rings is 1. The van der Waals surface area contributed by atoms with Gasteiger partial charge in [-0.2, -0.15) is 0 Å². The third-order valence-corrected chi connectivity index (χ3v) is 7.53. The van der Waals surface area contributed by atoms with Crippen molar-refractivity contribution in [2.75, 3.05) is 49.9 Å². The van der Waals surface area contributed by atoms with E-state index < -0.39 is 0 Å². The van der Waals surface area contributed by atoms with Gasteiger partial charge in [-0.05, 0) is 36.3 Å². The second-order valence-corrected chi connectivity index (χ2v) is 9.63. The molecule has 0 radical (unpaired) electrons. The topological polar surface area (TPSA) is 85.4 Å². The zero-order valence-electron chi connectivity index (χ0n) is 18.4. The normalized spacial score (nSPS) is 20.4. The fraction of sp³-hybridized carbons (Fsp3) is 0.375. The standard InChI is InChI=1S/C24H27N7OS/c32-24(31-11-7-25-8-12-31)30-9-4-16(5-10-30)21-14-18-19(3-6-26-23(18)29-21)28-17-1-2-20-22(13-17)33-15-27-20/h1-4,6,13,15,21,25H,5,7-12,14H2,(H2,26,28,29). The van der Waals surface area contributed by atoms with Crippen molar-refractivity contribution < 1.29 is 4.79 Å². The van der Waals surface area contributed by atoms with Crippen molar-refractivity contribution in [3.63, 3.8) is 0 Å². The molecule has 3 aromatic rings. The summed E-state index contributed by atoms with van der Waals surface area (Å²) in [5, 5.41) is 10.5. The molecule has 1 unspecified atom stereocenters. The first-order valence-electron chi connectivity index (χ1n) is 11.5. The lowest BCUT2D eigenvalue weighted by Gasteiger charge is -2.35. The van der Waals surface area contributed by atoms with Crippen LogP contribution in [0.3, 0.4) is 0 Å². The van der Waals surface area contributed by atoms with Gasteiger partial charge in [-0.1, -0.05) is 6.08 Å². The molecule has 1 fully saturated rings. The van der Waals surface area contributed by atoms with Crippen LogP contribution in [0, 0.1) is 0 Å². The highest BCUT2D eigenvalue weighted by Crippen LogP contribution is 2.36. The third kappa shape index (κ3) is 4.02. The summed E-state index contributed by atoms with van der Waals surface area (Å²) in [6.07, 6.45) is 5.88. The van der Waals surface area contributed by atoms with Crippen LogP contribution in [0.1, 0.15) is 12.0 Å². The highest BCUT2D eigenvalue weighted by molar-refractivity contribution is 7.16. The number of amides is 2. The number of piperazine rings is 1. The van der Waals surface area contributed by atoms with E-state index in [-0.39, 0.29) is 12.1 Å². The molecular weight excluding hydrogens is 434 g/mol. The number of carbonyl (C=O) groups is 1. The lowest BCUT2D eigenvalue weighted by Crippen LogP contribution is -2.52. The van der Waals surface area contributed by atoms with E-state index in [0.717, 1.165) is 68.3 Å². The smallest absolute Gasteiger partial charge is 0.320 e. The maximum Gasteiger partial charge on any atom is 0.320 e. The van der Waals surface area contributed by atoms with E-state index in [1.807, 2.05) is 27.6 Å². The molecule has 9 heteroatoms. The number of urea groups is 1. The van der Waals surface area contributed by atoms with Gasteiger partial charge in [0.1, 0.15) is 5.82 Å². The minimum Gasteiger partial charge on any atom is -0.363 e. The number of hydrogen-bond donors (Lipinski definition) is 3. The van der Waals surface area contributed by atoms with Crippen molar-refractivity contribution in [1.82, 2.24) is 25.1 Å². The Morgan fingerprint density at radius 2 is 2.03 bits per heavy atom. The number of aromatic nitrogens is 2. The molecule has 3 N–H and O–H groups in total. The van der Waals surface area contributed by atoms with E-state index in [1.165, 1.54) is 15.8 Å². The van der Waals surface area contributed by atoms with Gasteiger partial charge in [0.15, 0.2) is 0 Å². The van der Waals surface area contributed by atoms with Crippen LogP contribution >= 0.6 is 11.3 Å². The molecule has 6 rings (SSSR count). The molecule has 8 nitrogen and oxygen atoms in total. The van der Waals surface area contributed by atoms with Crippen LogP contribution in [0.4, 0.5) is 22.0 Å². The summed E-state index contributed by atoms with van der Waals surface area (Å²) in [6, 6.07) is 8.71. The van der Waals surface area contributed by atoms with Gasteiger partial charge < -0.3 is 25.8 Å². The number of anilines is 3. The zero-order valence-corrected chi connectivity index (χ0v) is 19.2. The van der Waals surface area contributed by atoms with E-state index in [4.69, 9.17) is 0 Å². The van der Waals surface area contributed by atoms with Crippen LogP contribution in [-0.4, -0.2) is 71.1 Å². The predicted octanol–water partition coefficient (Wildman–Crippen LogP) is 3.43. The SMILES string of the molecule is O=C(N1CC=C(C2Cc3c(Nc4ccc5ncsc5c4)ccnc3N2)CC1)N1CCNCC1. The van der Waals surface area contributed by atoms with E-state index >= 15 is 0 Å². The first kappa shape index (κ1) is 20.4. The van der Waals surface area contributed by atoms with E-state index in [9.17, 15) is 4.79 Å². The molecule has 0 aliphatic carbocycles. The first-order valence-corrected chi connectivity index (χ1v) is 12.4. The summed E-state index contributed by atoms with van der Waals surface area (Å²) in [7, 11) is 0. The number of nitrogens with zero attached hydrogens (tertiary/aromatic N) is 4. The number of fused-ring (bicyclic) bond motifs is 2. The van der Waals surface area contributed by atoms with Crippen molar-refractivity contribution in [3.8, 4) is 0 Å². The Kier molecular flexibility index (Phi) is 5.35. The van der Waals surface area contributed by atoms with E-state index in [1.54, 1.807) is 11.3 Å². The van der Waals surface area contributed by atoms with Crippen molar-refractivity contribution >= 4 is 44.8 Å². The average molecular weight is 462 g/mol. The van der Waals surface area contributed by atoms with Gasteiger partial charge in [0, 0.05) is 68.8 Å². The molecule has 0 spiro atoms. The second kappa shape index (κ2) is 8.64. The van der Waals surface area contributed by atoms with Gasteiger partial charge in [-0.15, -0.1) is 11.3 Å². The molecule has 2 aromatic heterocycles. The zero-order chi connectivity index (χ0) is 22.2. The Balaban J connectivity index is 1.14. The number of nitrogens with one attached hydrogen (secondary N) is 3. The van der Waals surface area contributed by atoms with E-state index in [2.05, 4.69) is 50.2 Å². The van der Waals surface area contributed by atoms with Gasteiger partial charge in [-0.3, -0.25) is 0 Å². The predicted molar refractivity (Wildman–Crippen MR) is 132 cm³/mol. The Bertz CT molecular complexity index is 1220. The maximum absolute atomic E-state index is 12.8. The molecule has 5 heterocycles. The first-order chi connectivity index (χ1) is 16.2. The van der Waals surface area contributed by atoms with Gasteiger partial charge in [-0.25, -0.2) is 14.8 Å². The summed E-state index contributed by atoms with van der Waals surface area (Å²) in [4.78, 5) is 25.7. The number of rotatable bonds is 3. The quantitative estimate of drug-likeness (QED) is 0.518. The molecule has 1 saturated heterocycles. The van der Waals surface area contributed by atoms with Crippen LogP contribution in [0.2, 0.25) is 0 Å². The second-order valence-electron chi connectivity index (χ2n) is 8.74. The minimum absolute atomic E-state index is 0.167. The summed E-state index contributed by atoms with van der Waals surface area (Å²) in [5.74, 6) is 0.948. The molecular formula is C24H27N7OS. The molecule has 0 bridgehead atoms. The Labute approximate surface area is 196 Å². The molecule has 1 aromatic carbocycles. The summed E-state index contributed by atoms with van der Waals surface area (Å²) < 4.78 is 1.17. The van der Waals surface area contributed by atoms with Crippen molar-refractivity contribution in [3.05, 3.63) is 53.2 Å². The Morgan fingerprint density at radius 3 is 2.88 bits per heavy atom. The number of benzene rings is 1. The van der Waals surface area contributed by atoms with Crippen LogP contribution in [0.25, 0.3) is 10.2 Å². The van der Waals surface area contributed by atoms with Gasteiger partial charge in [0.25, 0.3) is 0 Å². The molecule has 1 atom stereocenters. The lowest BCUT2D eigenvalue weighted by molar-refractivity contribution is 0.149. The summed E-state index contributed by atoms with van der Waals surface area (Å²) >= 11 is 1.65.